The quantitative estimate of drug-likeness (QED) is 0.392. The van der Waals surface area contributed by atoms with Crippen LogP contribution in [-0.2, 0) is 34.8 Å². The van der Waals surface area contributed by atoms with E-state index < -0.39 is 35.4 Å². The molecular weight excluding hydrogens is 572 g/mol. The van der Waals surface area contributed by atoms with E-state index in [2.05, 4.69) is 5.32 Å². The van der Waals surface area contributed by atoms with Gasteiger partial charge in [0.2, 0.25) is 5.79 Å². The molecule has 0 radical (unpaired) electrons. The van der Waals surface area contributed by atoms with Crippen LogP contribution in [0.2, 0.25) is 0 Å². The number of carbonyl (C=O) groups is 1. The predicted molar refractivity (Wildman–Crippen MR) is 155 cm³/mol. The van der Waals surface area contributed by atoms with Gasteiger partial charge in [0.25, 0.3) is 5.79 Å². The van der Waals surface area contributed by atoms with Gasteiger partial charge < -0.3 is 48.7 Å². The first-order chi connectivity index (χ1) is 21.2. The number of Topliss-reactive ketones (excluding diaryl/α,β-unsaturated/α-hetero) is 1. The lowest BCUT2D eigenvalue weighted by Crippen LogP contribution is -2.71. The van der Waals surface area contributed by atoms with Gasteiger partial charge in [0.05, 0.1) is 42.9 Å². The number of hydrogen-bond donors (Lipinski definition) is 3. The number of aromatic hydroxyl groups is 1. The molecule has 5 heterocycles. The first kappa shape index (κ1) is 28.9. The van der Waals surface area contributed by atoms with Crippen molar-refractivity contribution in [2.75, 3.05) is 41.6 Å². The maximum atomic E-state index is 13.1. The fourth-order valence-corrected chi connectivity index (χ4v) is 8.82. The topological polar surface area (TPSA) is 159 Å². The summed E-state index contributed by atoms with van der Waals surface area (Å²) in [6.07, 6.45) is 0.696. The number of carbonyl (C=O) groups excluding carboxylic acids is 1. The SMILES string of the molecule is COc1c2c(c(O)c3c4c(c(C)cc13)C1OC3(C(CC5CC(OC)C(N)CO5)OC)O[C@@H]1[C@@](OC)(O4)[C@@]31CN1)C(=O)CCC2. The van der Waals surface area contributed by atoms with E-state index in [0.717, 1.165) is 16.7 Å². The molecule has 5 aliphatic heterocycles. The molecule has 1 aliphatic carbocycles. The minimum atomic E-state index is -1.31. The summed E-state index contributed by atoms with van der Waals surface area (Å²) >= 11 is 0. The van der Waals surface area contributed by atoms with E-state index in [0.29, 0.717) is 73.1 Å². The number of rotatable bonds is 7. The van der Waals surface area contributed by atoms with Crippen LogP contribution >= 0.6 is 0 Å². The maximum absolute atomic E-state index is 13.1. The normalized spacial score (nSPS) is 38.9. The first-order valence-electron chi connectivity index (χ1n) is 15.4. The van der Waals surface area contributed by atoms with Crippen LogP contribution in [0.25, 0.3) is 10.8 Å². The minimum absolute atomic E-state index is 0.0983. The molecule has 4 fully saturated rings. The Balaban J connectivity index is 1.27. The molecule has 2 aromatic rings. The van der Waals surface area contributed by atoms with Gasteiger partial charge in [-0.3, -0.25) is 10.1 Å². The molecule has 6 unspecified atom stereocenters. The van der Waals surface area contributed by atoms with Crippen LogP contribution in [-0.4, -0.2) is 100 Å². The van der Waals surface area contributed by atoms with E-state index >= 15 is 0 Å². The van der Waals surface area contributed by atoms with Crippen molar-refractivity contribution in [3.05, 3.63) is 28.3 Å². The molecule has 0 saturated carbocycles. The van der Waals surface area contributed by atoms with Crippen LogP contribution in [0.5, 0.6) is 17.2 Å². The zero-order valence-electron chi connectivity index (χ0n) is 25.7. The second kappa shape index (κ2) is 9.73. The first-order valence-corrected chi connectivity index (χ1v) is 15.4. The Morgan fingerprint density at radius 1 is 1.20 bits per heavy atom. The summed E-state index contributed by atoms with van der Waals surface area (Å²) in [6, 6.07) is 1.77. The molecule has 2 bridgehead atoms. The maximum Gasteiger partial charge on any atom is 0.264 e. The van der Waals surface area contributed by atoms with E-state index in [1.54, 1.807) is 28.4 Å². The Hall–Kier alpha value is -2.55. The lowest BCUT2D eigenvalue weighted by Gasteiger charge is -2.51. The molecule has 9 atom stereocenters. The highest BCUT2D eigenvalue weighted by Crippen LogP contribution is 2.70. The molecule has 4 N–H and O–H groups in total. The largest absolute Gasteiger partial charge is 0.506 e. The number of aryl methyl sites for hydroxylation is 1. The summed E-state index contributed by atoms with van der Waals surface area (Å²) in [4.78, 5) is 13.1. The summed E-state index contributed by atoms with van der Waals surface area (Å²) in [5.41, 5.74) is 7.94. The molecule has 0 amide bonds. The number of phenols is 1. The van der Waals surface area contributed by atoms with E-state index in [1.165, 1.54) is 0 Å². The molecule has 12 heteroatoms. The van der Waals surface area contributed by atoms with Crippen LogP contribution in [0.4, 0.5) is 0 Å². The third kappa shape index (κ3) is 3.38. The average Bonchev–Trinajstić information content (AvgIpc) is 3.68. The number of nitrogens with two attached hydrogens (primary N) is 1. The highest BCUT2D eigenvalue weighted by Gasteiger charge is 2.91. The molecular formula is C32H40N2O10. The number of methoxy groups -OCH3 is 4. The number of phenolic OH excluding ortho intramolecular Hbond substituents is 1. The monoisotopic (exact) mass is 612 g/mol. The van der Waals surface area contributed by atoms with Crippen molar-refractivity contribution in [3.8, 4) is 17.2 Å². The van der Waals surface area contributed by atoms with Crippen LogP contribution in [0, 0.1) is 6.92 Å². The van der Waals surface area contributed by atoms with Gasteiger partial charge >= 0.3 is 0 Å². The van der Waals surface area contributed by atoms with Crippen LogP contribution in [0.1, 0.15) is 58.8 Å². The summed E-state index contributed by atoms with van der Waals surface area (Å²) in [6.45, 7) is 2.85. The van der Waals surface area contributed by atoms with Gasteiger partial charge in [0.1, 0.15) is 29.5 Å². The second-order valence-electron chi connectivity index (χ2n) is 12.9. The number of nitrogens with one attached hydrogen (secondary N) is 1. The summed E-state index contributed by atoms with van der Waals surface area (Å²) < 4.78 is 51.0. The lowest BCUT2D eigenvalue weighted by atomic mass is 9.76. The van der Waals surface area contributed by atoms with Crippen LogP contribution in [0.3, 0.4) is 0 Å². The average molecular weight is 613 g/mol. The van der Waals surface area contributed by atoms with E-state index in [-0.39, 0.29) is 29.8 Å². The second-order valence-corrected chi connectivity index (χ2v) is 12.9. The Bertz CT molecular complexity index is 1560. The van der Waals surface area contributed by atoms with E-state index in [4.69, 9.17) is 43.6 Å². The van der Waals surface area contributed by atoms with Gasteiger partial charge in [-0.1, -0.05) is 0 Å². The number of ketones is 1. The molecule has 1 spiro atoms. The summed E-state index contributed by atoms with van der Waals surface area (Å²) in [5.74, 6) is -1.79. The number of ether oxygens (including phenoxy) is 8. The summed E-state index contributed by atoms with van der Waals surface area (Å²) in [5, 5.41) is 16.3. The fourth-order valence-electron chi connectivity index (χ4n) is 8.82. The van der Waals surface area contributed by atoms with Gasteiger partial charge in [0.15, 0.2) is 17.4 Å². The smallest absolute Gasteiger partial charge is 0.264 e. The molecule has 8 rings (SSSR count). The standard InChI is InChI=1S/C32H40N2O10/c1-14-9-17-24(25(36)23-16(26(17)39-4)7-6-8-19(23)35)27-22(14)28-29-32(40-5,42-27)30(13-34-30)31(43-28,44-29)21(38-3)11-15-10-20(37-2)18(33)12-41-15/h9,15,18,20-21,28-29,34,36H,6-8,10-13,33H2,1-5H3/t15?,18?,20?,21?,28?,29-,30+,31?,32+/m0/s1. The van der Waals surface area contributed by atoms with Gasteiger partial charge in [0, 0.05) is 63.6 Å². The minimum Gasteiger partial charge on any atom is -0.506 e. The number of benzene rings is 2. The number of fused-ring (bicyclic) bond motifs is 8. The zero-order valence-corrected chi connectivity index (χ0v) is 25.7. The van der Waals surface area contributed by atoms with Crippen LogP contribution in [0.15, 0.2) is 6.07 Å². The van der Waals surface area contributed by atoms with Crippen molar-refractivity contribution < 1.29 is 47.8 Å². The van der Waals surface area contributed by atoms with Gasteiger partial charge in [-0.05, 0) is 31.4 Å². The Morgan fingerprint density at radius 2 is 2.00 bits per heavy atom. The van der Waals surface area contributed by atoms with Gasteiger partial charge in [-0.25, -0.2) is 0 Å². The van der Waals surface area contributed by atoms with Crippen molar-refractivity contribution >= 4 is 16.6 Å². The molecule has 6 aliphatic rings. The van der Waals surface area contributed by atoms with Crippen molar-refractivity contribution in [1.29, 1.82) is 0 Å². The van der Waals surface area contributed by atoms with Gasteiger partial charge in [-0.2, -0.15) is 0 Å². The van der Waals surface area contributed by atoms with Crippen LogP contribution < -0.4 is 20.5 Å². The molecule has 0 aromatic heterocycles. The zero-order chi connectivity index (χ0) is 30.8. The molecule has 4 saturated heterocycles. The third-order valence-corrected chi connectivity index (χ3v) is 10.9. The van der Waals surface area contributed by atoms with Crippen molar-refractivity contribution in [1.82, 2.24) is 5.32 Å². The summed E-state index contributed by atoms with van der Waals surface area (Å²) in [7, 11) is 6.50. The molecule has 12 nitrogen and oxygen atoms in total. The molecule has 2 aromatic carbocycles. The Kier molecular flexibility index (Phi) is 6.39. The van der Waals surface area contributed by atoms with Crippen molar-refractivity contribution in [3.63, 3.8) is 0 Å². The number of hydrogen-bond acceptors (Lipinski definition) is 12. The van der Waals surface area contributed by atoms with Crippen molar-refractivity contribution in [2.45, 2.75) is 92.7 Å². The van der Waals surface area contributed by atoms with E-state index in [1.807, 2.05) is 13.0 Å². The third-order valence-electron chi connectivity index (χ3n) is 10.9. The molecule has 238 valence electrons. The molecule has 44 heavy (non-hydrogen) atoms. The highest BCUT2D eigenvalue weighted by molar-refractivity contribution is 6.11. The predicted octanol–water partition coefficient (Wildman–Crippen LogP) is 2.16. The Labute approximate surface area is 255 Å². The fraction of sp³-hybridized carbons (Fsp3) is 0.656. The Morgan fingerprint density at radius 3 is 2.68 bits per heavy atom. The lowest BCUT2D eigenvalue weighted by molar-refractivity contribution is -0.294. The van der Waals surface area contributed by atoms with Gasteiger partial charge in [-0.15, -0.1) is 0 Å². The van der Waals surface area contributed by atoms with Crippen molar-refractivity contribution in [2.24, 2.45) is 5.73 Å². The van der Waals surface area contributed by atoms with E-state index in [9.17, 15) is 9.90 Å². The highest BCUT2D eigenvalue weighted by atomic mass is 16.8.